The molecule has 1 aromatic heterocycles. The van der Waals surface area contributed by atoms with E-state index in [1.807, 2.05) is 0 Å². The van der Waals surface area contributed by atoms with Crippen LogP contribution in [0.1, 0.15) is 53.1 Å². The lowest BCUT2D eigenvalue weighted by Gasteiger charge is -2.36. The van der Waals surface area contributed by atoms with Crippen LogP contribution < -0.4 is 15.5 Å². The molecule has 1 aliphatic heterocycles. The number of H-pyrrole nitrogens is 1. The third-order valence-electron chi connectivity index (χ3n) is 6.24. The fourth-order valence-electron chi connectivity index (χ4n) is 4.48. The van der Waals surface area contributed by atoms with Gasteiger partial charge in [0.25, 0.3) is 11.8 Å². The summed E-state index contributed by atoms with van der Waals surface area (Å²) in [5, 5.41) is 5.41. The van der Waals surface area contributed by atoms with Gasteiger partial charge in [-0.25, -0.2) is 9.37 Å². The number of hydrogen-bond acceptors (Lipinski definition) is 4. The van der Waals surface area contributed by atoms with Gasteiger partial charge in [0, 0.05) is 25.3 Å². The molecule has 0 unspecified atom stereocenters. The fourth-order valence-corrected chi connectivity index (χ4v) is 4.48. The number of nitrogens with one attached hydrogen (secondary N) is 3. The number of anilines is 1. The molecule has 9 heteroatoms. The SMILES string of the molecule is CNC(=O)c1[nH]cnc1C(=O)NC1CCC2(CC1)CCN(c1ccc(F)cc1)C2=O. The van der Waals surface area contributed by atoms with E-state index < -0.39 is 17.2 Å². The molecule has 4 rings (SSSR count). The van der Waals surface area contributed by atoms with Crippen LogP contribution in [0.4, 0.5) is 10.1 Å². The monoisotopic (exact) mass is 413 g/mol. The summed E-state index contributed by atoms with van der Waals surface area (Å²) in [5.41, 5.74) is 0.487. The minimum atomic E-state index is -0.421. The van der Waals surface area contributed by atoms with Crippen LogP contribution in [-0.2, 0) is 4.79 Å². The maximum Gasteiger partial charge on any atom is 0.272 e. The van der Waals surface area contributed by atoms with Crippen molar-refractivity contribution in [3.63, 3.8) is 0 Å². The van der Waals surface area contributed by atoms with Gasteiger partial charge in [0.05, 0.1) is 11.7 Å². The van der Waals surface area contributed by atoms with Gasteiger partial charge in [-0.2, -0.15) is 0 Å². The van der Waals surface area contributed by atoms with E-state index in [0.717, 1.165) is 6.42 Å². The van der Waals surface area contributed by atoms with Gasteiger partial charge < -0.3 is 20.5 Å². The van der Waals surface area contributed by atoms with Crippen LogP contribution in [0, 0.1) is 11.2 Å². The molecule has 2 aromatic rings. The average molecular weight is 413 g/mol. The smallest absolute Gasteiger partial charge is 0.272 e. The summed E-state index contributed by atoms with van der Waals surface area (Å²) < 4.78 is 13.2. The molecular weight excluding hydrogens is 389 g/mol. The van der Waals surface area contributed by atoms with E-state index in [-0.39, 0.29) is 29.2 Å². The number of carbonyl (C=O) groups is 3. The van der Waals surface area contributed by atoms with E-state index in [4.69, 9.17) is 0 Å². The highest BCUT2D eigenvalue weighted by Crippen LogP contribution is 2.46. The second-order valence-electron chi connectivity index (χ2n) is 7.92. The molecule has 1 saturated heterocycles. The zero-order valence-corrected chi connectivity index (χ0v) is 16.7. The summed E-state index contributed by atoms with van der Waals surface area (Å²) in [5.74, 6) is -1.06. The molecule has 158 valence electrons. The first-order valence-electron chi connectivity index (χ1n) is 10.1. The number of rotatable bonds is 4. The summed E-state index contributed by atoms with van der Waals surface area (Å²) in [7, 11) is 1.49. The Morgan fingerprint density at radius 2 is 1.87 bits per heavy atom. The Hall–Kier alpha value is -3.23. The number of imidazole rings is 1. The first kappa shape index (κ1) is 20.1. The zero-order chi connectivity index (χ0) is 21.3. The van der Waals surface area contributed by atoms with Crippen LogP contribution in [0.15, 0.2) is 30.6 Å². The fraction of sp³-hybridized carbons (Fsp3) is 0.429. The van der Waals surface area contributed by atoms with Gasteiger partial charge in [-0.05, 0) is 56.4 Å². The van der Waals surface area contributed by atoms with Crippen LogP contribution in [0.3, 0.4) is 0 Å². The van der Waals surface area contributed by atoms with Gasteiger partial charge in [0.2, 0.25) is 5.91 Å². The second kappa shape index (κ2) is 7.89. The van der Waals surface area contributed by atoms with E-state index in [1.165, 1.54) is 25.5 Å². The van der Waals surface area contributed by atoms with Crippen LogP contribution in [0.25, 0.3) is 0 Å². The van der Waals surface area contributed by atoms with E-state index in [0.29, 0.717) is 37.9 Å². The molecule has 3 amide bonds. The molecule has 0 bridgehead atoms. The highest BCUT2D eigenvalue weighted by Gasteiger charge is 2.48. The molecule has 8 nitrogen and oxygen atoms in total. The van der Waals surface area contributed by atoms with Gasteiger partial charge in [-0.15, -0.1) is 0 Å². The molecule has 3 N–H and O–H groups in total. The molecule has 1 aliphatic carbocycles. The Morgan fingerprint density at radius 1 is 1.17 bits per heavy atom. The third kappa shape index (κ3) is 3.55. The Bertz CT molecular complexity index is 963. The summed E-state index contributed by atoms with van der Waals surface area (Å²) in [4.78, 5) is 45.9. The molecule has 1 aromatic carbocycles. The number of carbonyl (C=O) groups excluding carboxylic acids is 3. The summed E-state index contributed by atoms with van der Waals surface area (Å²) >= 11 is 0. The minimum absolute atomic E-state index is 0.0639. The topological polar surface area (TPSA) is 107 Å². The van der Waals surface area contributed by atoms with Gasteiger partial charge in [-0.3, -0.25) is 14.4 Å². The third-order valence-corrected chi connectivity index (χ3v) is 6.24. The van der Waals surface area contributed by atoms with Gasteiger partial charge in [0.15, 0.2) is 5.69 Å². The van der Waals surface area contributed by atoms with E-state index >= 15 is 0 Å². The molecule has 1 saturated carbocycles. The first-order chi connectivity index (χ1) is 14.4. The molecule has 0 atom stereocenters. The molecule has 30 heavy (non-hydrogen) atoms. The van der Waals surface area contributed by atoms with Crippen LogP contribution in [0.5, 0.6) is 0 Å². The number of halogens is 1. The highest BCUT2D eigenvalue weighted by atomic mass is 19.1. The molecule has 2 fully saturated rings. The molecule has 0 radical (unpaired) electrons. The summed E-state index contributed by atoms with van der Waals surface area (Å²) in [6, 6.07) is 5.91. The predicted molar refractivity (Wildman–Crippen MR) is 108 cm³/mol. The van der Waals surface area contributed by atoms with Gasteiger partial charge in [0.1, 0.15) is 11.5 Å². The van der Waals surface area contributed by atoms with Gasteiger partial charge >= 0.3 is 0 Å². The average Bonchev–Trinajstić information content (AvgIpc) is 3.36. The normalized spacial score (nSPS) is 23.6. The van der Waals surface area contributed by atoms with Crippen LogP contribution in [-0.4, -0.2) is 47.3 Å². The minimum Gasteiger partial charge on any atom is -0.354 e. The Labute approximate surface area is 173 Å². The van der Waals surface area contributed by atoms with Crippen molar-refractivity contribution in [1.29, 1.82) is 0 Å². The number of benzene rings is 1. The molecule has 2 heterocycles. The molecule has 1 spiro atoms. The Balaban J connectivity index is 1.38. The van der Waals surface area contributed by atoms with E-state index in [2.05, 4.69) is 20.6 Å². The summed E-state index contributed by atoms with van der Waals surface area (Å²) in [6.45, 7) is 0.615. The maximum absolute atomic E-state index is 13.2. The van der Waals surface area contributed by atoms with Crippen molar-refractivity contribution in [3.05, 3.63) is 47.8 Å². The largest absolute Gasteiger partial charge is 0.354 e. The lowest BCUT2D eigenvalue weighted by atomic mass is 9.71. The Kier molecular flexibility index (Phi) is 5.27. The second-order valence-corrected chi connectivity index (χ2v) is 7.92. The van der Waals surface area contributed by atoms with Crippen molar-refractivity contribution >= 4 is 23.4 Å². The molecule has 2 aliphatic rings. The predicted octanol–water partition coefficient (Wildman–Crippen LogP) is 2.00. The number of aromatic nitrogens is 2. The molecular formula is C21H24FN5O3. The highest BCUT2D eigenvalue weighted by molar-refractivity contribution is 6.04. The zero-order valence-electron chi connectivity index (χ0n) is 16.7. The Morgan fingerprint density at radius 3 is 2.53 bits per heavy atom. The lowest BCUT2D eigenvalue weighted by Crippen LogP contribution is -2.44. The van der Waals surface area contributed by atoms with Crippen molar-refractivity contribution in [2.75, 3.05) is 18.5 Å². The lowest BCUT2D eigenvalue weighted by molar-refractivity contribution is -0.127. The van der Waals surface area contributed by atoms with Crippen molar-refractivity contribution < 1.29 is 18.8 Å². The van der Waals surface area contributed by atoms with Crippen molar-refractivity contribution in [1.82, 2.24) is 20.6 Å². The first-order valence-corrected chi connectivity index (χ1v) is 10.1. The summed E-state index contributed by atoms with van der Waals surface area (Å²) in [6.07, 6.45) is 4.78. The van der Waals surface area contributed by atoms with Crippen molar-refractivity contribution in [2.24, 2.45) is 5.41 Å². The number of hydrogen-bond donors (Lipinski definition) is 3. The number of nitrogens with zero attached hydrogens (tertiary/aromatic N) is 2. The standard InChI is InChI=1S/C21H24FN5O3/c1-23-18(28)16-17(25-12-24-16)19(29)26-14-6-8-21(9-7-14)10-11-27(20(21)30)15-4-2-13(22)3-5-15/h2-5,12,14H,6-11H2,1H3,(H,23,28)(H,24,25)(H,26,29). The quantitative estimate of drug-likeness (QED) is 0.713. The van der Waals surface area contributed by atoms with Gasteiger partial charge in [-0.1, -0.05) is 0 Å². The number of aromatic amines is 1. The van der Waals surface area contributed by atoms with Crippen molar-refractivity contribution in [2.45, 2.75) is 38.1 Å². The van der Waals surface area contributed by atoms with Crippen LogP contribution in [0.2, 0.25) is 0 Å². The number of amides is 3. The maximum atomic E-state index is 13.2. The van der Waals surface area contributed by atoms with Crippen LogP contribution >= 0.6 is 0 Å². The van der Waals surface area contributed by atoms with E-state index in [9.17, 15) is 18.8 Å². The van der Waals surface area contributed by atoms with Crippen molar-refractivity contribution in [3.8, 4) is 0 Å². The van der Waals surface area contributed by atoms with E-state index in [1.54, 1.807) is 17.0 Å².